The lowest BCUT2D eigenvalue weighted by Gasteiger charge is -2.22. The fraction of sp³-hybridized carbons (Fsp3) is 0.231. The van der Waals surface area contributed by atoms with Crippen molar-refractivity contribution in [2.45, 2.75) is 6.54 Å². The molecule has 0 saturated heterocycles. The predicted molar refractivity (Wildman–Crippen MR) is 79.3 cm³/mol. The van der Waals surface area contributed by atoms with Crippen LogP contribution in [0, 0.1) is 0 Å². The molecule has 2 aromatic rings. The predicted octanol–water partition coefficient (Wildman–Crippen LogP) is 1.80. The third-order valence-corrected chi connectivity index (χ3v) is 3.29. The van der Waals surface area contributed by atoms with Crippen molar-refractivity contribution in [1.29, 1.82) is 0 Å². The van der Waals surface area contributed by atoms with E-state index in [9.17, 15) is 0 Å². The molecule has 0 unspecified atom stereocenters. The number of nitrogens with two attached hydrogens (primary N) is 1. The van der Waals surface area contributed by atoms with Crippen molar-refractivity contribution in [2.75, 3.05) is 11.9 Å². The quantitative estimate of drug-likeness (QED) is 0.390. The Hall–Kier alpha value is -2.21. The van der Waals surface area contributed by atoms with Gasteiger partial charge in [-0.3, -0.25) is 0 Å². The number of imidazole rings is 1. The summed E-state index contributed by atoms with van der Waals surface area (Å²) in [4.78, 5) is 6.22. The van der Waals surface area contributed by atoms with Crippen LogP contribution in [0.5, 0.6) is 0 Å². The summed E-state index contributed by atoms with van der Waals surface area (Å²) in [5, 5.41) is 12.5. The summed E-state index contributed by atoms with van der Waals surface area (Å²) in [6.07, 6.45) is 3.62. The summed E-state index contributed by atoms with van der Waals surface area (Å²) in [5.74, 6) is 0.946. The second-order valence-electron chi connectivity index (χ2n) is 4.46. The summed E-state index contributed by atoms with van der Waals surface area (Å²) in [7, 11) is 3.83. The molecule has 0 amide bonds. The van der Waals surface area contributed by atoms with Crippen LogP contribution in [0.2, 0.25) is 5.02 Å². The van der Waals surface area contributed by atoms with Gasteiger partial charge in [-0.2, -0.15) is 0 Å². The maximum absolute atomic E-state index is 8.86. The van der Waals surface area contributed by atoms with Crippen molar-refractivity contribution >= 4 is 23.1 Å². The molecule has 2 rings (SSSR count). The number of benzene rings is 1. The SMILES string of the molecule is CN(Cc1nccn1C)c1cc(Cl)ccc1C(N)=NO. The lowest BCUT2D eigenvalue weighted by Crippen LogP contribution is -2.23. The van der Waals surface area contributed by atoms with E-state index in [2.05, 4.69) is 10.1 Å². The molecule has 0 saturated carbocycles. The number of aromatic nitrogens is 2. The van der Waals surface area contributed by atoms with Gasteiger partial charge in [0.2, 0.25) is 0 Å². The minimum absolute atomic E-state index is 0.0448. The maximum Gasteiger partial charge on any atom is 0.172 e. The van der Waals surface area contributed by atoms with Gasteiger partial charge in [0.1, 0.15) is 5.82 Å². The zero-order valence-electron chi connectivity index (χ0n) is 11.3. The Morgan fingerprint density at radius 1 is 1.55 bits per heavy atom. The normalized spacial score (nSPS) is 11.7. The topological polar surface area (TPSA) is 79.7 Å². The minimum Gasteiger partial charge on any atom is -0.409 e. The molecule has 3 N–H and O–H groups in total. The van der Waals surface area contributed by atoms with Gasteiger partial charge in [-0.05, 0) is 18.2 Å². The lowest BCUT2D eigenvalue weighted by molar-refractivity contribution is 0.318. The molecule has 0 aliphatic rings. The second-order valence-corrected chi connectivity index (χ2v) is 4.89. The number of nitrogens with zero attached hydrogens (tertiary/aromatic N) is 4. The van der Waals surface area contributed by atoms with Crippen LogP contribution in [-0.2, 0) is 13.6 Å². The average Bonchev–Trinajstić information content (AvgIpc) is 2.83. The Bertz CT molecular complexity index is 637. The number of oxime groups is 1. The van der Waals surface area contributed by atoms with Gasteiger partial charge in [0.15, 0.2) is 5.84 Å². The maximum atomic E-state index is 8.86. The Balaban J connectivity index is 2.36. The Morgan fingerprint density at radius 2 is 2.30 bits per heavy atom. The molecule has 1 heterocycles. The van der Waals surface area contributed by atoms with E-state index in [0.717, 1.165) is 11.5 Å². The molecule has 0 bridgehead atoms. The molecule has 0 radical (unpaired) electrons. The van der Waals surface area contributed by atoms with Crippen molar-refractivity contribution in [3.63, 3.8) is 0 Å². The monoisotopic (exact) mass is 293 g/mol. The van der Waals surface area contributed by atoms with Crippen LogP contribution in [-0.4, -0.2) is 27.6 Å². The number of halogens is 1. The summed E-state index contributed by atoms with van der Waals surface area (Å²) in [6, 6.07) is 5.20. The van der Waals surface area contributed by atoms with E-state index in [4.69, 9.17) is 22.5 Å². The zero-order valence-corrected chi connectivity index (χ0v) is 12.0. The zero-order chi connectivity index (χ0) is 14.7. The number of hydrogen-bond acceptors (Lipinski definition) is 4. The van der Waals surface area contributed by atoms with Crippen molar-refractivity contribution < 1.29 is 5.21 Å². The van der Waals surface area contributed by atoms with Crippen LogP contribution in [0.25, 0.3) is 0 Å². The van der Waals surface area contributed by atoms with Crippen LogP contribution >= 0.6 is 11.6 Å². The lowest BCUT2D eigenvalue weighted by atomic mass is 10.1. The van der Waals surface area contributed by atoms with Gasteiger partial charge in [-0.25, -0.2) is 4.98 Å². The first-order chi connectivity index (χ1) is 9.52. The van der Waals surface area contributed by atoms with Crippen molar-refractivity contribution in [3.05, 3.63) is 47.0 Å². The van der Waals surface area contributed by atoms with Crippen LogP contribution in [0.3, 0.4) is 0 Å². The molecule has 20 heavy (non-hydrogen) atoms. The van der Waals surface area contributed by atoms with Gasteiger partial charge in [0.05, 0.1) is 6.54 Å². The van der Waals surface area contributed by atoms with Crippen LogP contribution < -0.4 is 10.6 Å². The molecule has 0 aliphatic heterocycles. The van der Waals surface area contributed by atoms with E-state index in [1.54, 1.807) is 24.4 Å². The van der Waals surface area contributed by atoms with E-state index < -0.39 is 0 Å². The molecule has 7 heteroatoms. The van der Waals surface area contributed by atoms with E-state index in [1.165, 1.54) is 0 Å². The summed E-state index contributed by atoms with van der Waals surface area (Å²) < 4.78 is 1.93. The smallest absolute Gasteiger partial charge is 0.172 e. The first-order valence-electron chi connectivity index (χ1n) is 5.97. The largest absolute Gasteiger partial charge is 0.409 e. The van der Waals surface area contributed by atoms with Crippen molar-refractivity contribution in [1.82, 2.24) is 9.55 Å². The summed E-state index contributed by atoms with van der Waals surface area (Å²) >= 11 is 6.03. The number of rotatable bonds is 4. The first-order valence-corrected chi connectivity index (χ1v) is 6.35. The highest BCUT2D eigenvalue weighted by molar-refractivity contribution is 6.31. The molecule has 106 valence electrons. The summed E-state index contributed by atoms with van der Waals surface area (Å²) in [6.45, 7) is 0.579. The number of amidine groups is 1. The standard InChI is InChI=1S/C13H16ClN5O/c1-18-6-5-16-12(18)8-19(2)11-7-9(14)3-4-10(11)13(15)17-20/h3-7,20H,8H2,1-2H3,(H2,15,17). The molecule has 0 spiro atoms. The Morgan fingerprint density at radius 3 is 2.90 bits per heavy atom. The van der Waals surface area contributed by atoms with Crippen LogP contribution in [0.15, 0.2) is 35.7 Å². The molecule has 6 nitrogen and oxygen atoms in total. The minimum atomic E-state index is 0.0448. The number of anilines is 1. The average molecular weight is 294 g/mol. The van der Waals surface area contributed by atoms with Gasteiger partial charge in [0.25, 0.3) is 0 Å². The second kappa shape index (κ2) is 5.83. The van der Waals surface area contributed by atoms with Gasteiger partial charge in [0, 0.05) is 42.8 Å². The molecular formula is C13H16ClN5O. The molecule has 0 atom stereocenters. The van der Waals surface area contributed by atoms with Gasteiger partial charge >= 0.3 is 0 Å². The molecule has 1 aromatic carbocycles. The van der Waals surface area contributed by atoms with Crippen molar-refractivity contribution in [2.24, 2.45) is 17.9 Å². The third-order valence-electron chi connectivity index (χ3n) is 3.05. The molecule has 0 aliphatic carbocycles. The van der Waals surface area contributed by atoms with E-state index >= 15 is 0 Å². The van der Waals surface area contributed by atoms with Gasteiger partial charge < -0.3 is 20.4 Å². The molecule has 0 fully saturated rings. The van der Waals surface area contributed by atoms with Crippen molar-refractivity contribution in [3.8, 4) is 0 Å². The Kier molecular flexibility index (Phi) is 4.14. The van der Waals surface area contributed by atoms with Gasteiger partial charge in [-0.15, -0.1) is 0 Å². The highest BCUT2D eigenvalue weighted by Gasteiger charge is 2.13. The fourth-order valence-corrected chi connectivity index (χ4v) is 2.10. The van der Waals surface area contributed by atoms with E-state index in [-0.39, 0.29) is 5.84 Å². The van der Waals surface area contributed by atoms with E-state index in [0.29, 0.717) is 17.1 Å². The summed E-state index contributed by atoms with van der Waals surface area (Å²) in [5.41, 5.74) is 7.09. The molecule has 1 aromatic heterocycles. The van der Waals surface area contributed by atoms with E-state index in [1.807, 2.05) is 29.8 Å². The van der Waals surface area contributed by atoms with Gasteiger partial charge in [-0.1, -0.05) is 16.8 Å². The first kappa shape index (κ1) is 14.2. The Labute approximate surface area is 122 Å². The third kappa shape index (κ3) is 2.85. The number of aryl methyl sites for hydroxylation is 1. The molecular weight excluding hydrogens is 278 g/mol. The highest BCUT2D eigenvalue weighted by atomic mass is 35.5. The van der Waals surface area contributed by atoms with Crippen LogP contribution in [0.1, 0.15) is 11.4 Å². The fourth-order valence-electron chi connectivity index (χ4n) is 1.94. The van der Waals surface area contributed by atoms with Crippen LogP contribution in [0.4, 0.5) is 5.69 Å². The highest BCUT2D eigenvalue weighted by Crippen LogP contribution is 2.25. The number of hydrogen-bond donors (Lipinski definition) is 2.